The van der Waals surface area contributed by atoms with Gasteiger partial charge in [0.25, 0.3) is 0 Å². The number of benzene rings is 1. The Morgan fingerprint density at radius 2 is 2.40 bits per heavy atom. The number of amides is 2. The fraction of sp³-hybridized carbons (Fsp3) is 0.300. The molecule has 2 heterocycles. The van der Waals surface area contributed by atoms with Gasteiger partial charge < -0.3 is 10.1 Å². The SMILES string of the molecule is O=C1NCC2COc3ccc(Cl)cc3N12. The Kier molecular flexibility index (Phi) is 1.79. The van der Waals surface area contributed by atoms with Crippen LogP contribution in [0.4, 0.5) is 10.5 Å². The molecule has 4 nitrogen and oxygen atoms in total. The van der Waals surface area contributed by atoms with Crippen LogP contribution in [0.2, 0.25) is 5.02 Å². The standard InChI is InChI=1S/C10H9ClN2O2/c11-6-1-2-9-8(3-6)13-7(5-15-9)4-12-10(13)14/h1-3,7H,4-5H2,(H,12,14). The van der Waals surface area contributed by atoms with E-state index in [-0.39, 0.29) is 12.1 Å². The van der Waals surface area contributed by atoms with Gasteiger partial charge in [-0.2, -0.15) is 0 Å². The average molecular weight is 225 g/mol. The van der Waals surface area contributed by atoms with Crippen LogP contribution in [-0.4, -0.2) is 25.2 Å². The third-order valence-corrected chi connectivity index (χ3v) is 2.92. The lowest BCUT2D eigenvalue weighted by Gasteiger charge is -2.30. The number of ether oxygens (including phenoxy) is 1. The number of carbonyl (C=O) groups excluding carboxylic acids is 1. The fourth-order valence-corrected chi connectivity index (χ4v) is 2.14. The zero-order chi connectivity index (χ0) is 10.4. The number of halogens is 1. The second-order valence-electron chi connectivity index (χ2n) is 3.63. The van der Waals surface area contributed by atoms with E-state index in [1.165, 1.54) is 0 Å². The summed E-state index contributed by atoms with van der Waals surface area (Å²) in [4.78, 5) is 13.3. The molecule has 1 atom stereocenters. The van der Waals surface area contributed by atoms with Crippen LogP contribution in [0.3, 0.4) is 0 Å². The van der Waals surface area contributed by atoms with Crippen LogP contribution >= 0.6 is 11.6 Å². The first kappa shape index (κ1) is 8.85. The van der Waals surface area contributed by atoms with Crippen molar-refractivity contribution in [2.75, 3.05) is 18.1 Å². The summed E-state index contributed by atoms with van der Waals surface area (Å²) in [5.74, 6) is 0.715. The fourth-order valence-electron chi connectivity index (χ4n) is 1.97. The molecule has 1 fully saturated rings. The molecule has 78 valence electrons. The van der Waals surface area contributed by atoms with Gasteiger partial charge in [0.05, 0.1) is 11.7 Å². The highest BCUT2D eigenvalue weighted by Gasteiger charge is 2.37. The molecular weight excluding hydrogens is 216 g/mol. The van der Waals surface area contributed by atoms with Gasteiger partial charge in [-0.3, -0.25) is 4.90 Å². The maximum atomic E-state index is 11.6. The molecule has 1 aromatic carbocycles. The van der Waals surface area contributed by atoms with Crippen molar-refractivity contribution in [3.05, 3.63) is 23.2 Å². The van der Waals surface area contributed by atoms with Gasteiger partial charge in [0.1, 0.15) is 12.4 Å². The van der Waals surface area contributed by atoms with Crippen LogP contribution in [0.1, 0.15) is 0 Å². The molecule has 2 aliphatic heterocycles. The quantitative estimate of drug-likeness (QED) is 0.728. The van der Waals surface area contributed by atoms with Gasteiger partial charge in [0.2, 0.25) is 0 Å². The number of hydrogen-bond acceptors (Lipinski definition) is 2. The maximum absolute atomic E-state index is 11.6. The Hall–Kier alpha value is -1.42. The van der Waals surface area contributed by atoms with E-state index >= 15 is 0 Å². The first-order valence-corrected chi connectivity index (χ1v) is 5.13. The van der Waals surface area contributed by atoms with Crippen molar-refractivity contribution < 1.29 is 9.53 Å². The smallest absolute Gasteiger partial charge is 0.322 e. The first-order valence-electron chi connectivity index (χ1n) is 4.75. The summed E-state index contributed by atoms with van der Waals surface area (Å²) in [5.41, 5.74) is 0.758. The molecule has 15 heavy (non-hydrogen) atoms. The van der Waals surface area contributed by atoms with E-state index in [1.54, 1.807) is 23.1 Å². The monoisotopic (exact) mass is 224 g/mol. The van der Waals surface area contributed by atoms with E-state index in [1.807, 2.05) is 0 Å². The molecule has 1 aromatic rings. The normalized spacial score (nSPS) is 22.9. The van der Waals surface area contributed by atoms with E-state index < -0.39 is 0 Å². The first-order chi connectivity index (χ1) is 7.25. The Morgan fingerprint density at radius 3 is 3.27 bits per heavy atom. The second kappa shape index (κ2) is 3.03. The number of nitrogens with zero attached hydrogens (tertiary/aromatic N) is 1. The van der Waals surface area contributed by atoms with E-state index in [9.17, 15) is 4.79 Å². The van der Waals surface area contributed by atoms with Crippen molar-refractivity contribution in [2.24, 2.45) is 0 Å². The second-order valence-corrected chi connectivity index (χ2v) is 4.07. The summed E-state index contributed by atoms with van der Waals surface area (Å²) in [7, 11) is 0. The Bertz CT molecular complexity index is 435. The molecule has 2 aliphatic rings. The van der Waals surface area contributed by atoms with Crippen molar-refractivity contribution >= 4 is 23.3 Å². The molecule has 0 saturated carbocycles. The third kappa shape index (κ3) is 1.25. The summed E-state index contributed by atoms with van der Waals surface area (Å²) < 4.78 is 5.55. The van der Waals surface area contributed by atoms with Crippen molar-refractivity contribution in [3.8, 4) is 5.75 Å². The lowest BCUT2D eigenvalue weighted by Crippen LogP contribution is -2.41. The maximum Gasteiger partial charge on any atom is 0.322 e. The topological polar surface area (TPSA) is 41.6 Å². The summed E-state index contributed by atoms with van der Waals surface area (Å²) >= 11 is 5.90. The van der Waals surface area contributed by atoms with Crippen LogP contribution in [-0.2, 0) is 0 Å². The van der Waals surface area contributed by atoms with Gasteiger partial charge in [-0.15, -0.1) is 0 Å². The number of rotatable bonds is 0. The number of nitrogens with one attached hydrogen (secondary N) is 1. The van der Waals surface area contributed by atoms with Gasteiger partial charge >= 0.3 is 6.03 Å². The highest BCUT2D eigenvalue weighted by Crippen LogP contribution is 2.37. The van der Waals surface area contributed by atoms with Crippen molar-refractivity contribution in [1.29, 1.82) is 0 Å². The van der Waals surface area contributed by atoms with E-state index in [0.29, 0.717) is 23.9 Å². The lowest BCUT2D eigenvalue weighted by atomic mass is 10.2. The Morgan fingerprint density at radius 1 is 1.53 bits per heavy atom. The summed E-state index contributed by atoms with van der Waals surface area (Å²) in [5, 5.41) is 3.39. The predicted molar refractivity (Wildman–Crippen MR) is 56.6 cm³/mol. The molecule has 3 rings (SSSR count). The van der Waals surface area contributed by atoms with Crippen molar-refractivity contribution in [2.45, 2.75) is 6.04 Å². The van der Waals surface area contributed by atoms with E-state index in [0.717, 1.165) is 5.69 Å². The summed E-state index contributed by atoms with van der Waals surface area (Å²) in [6.07, 6.45) is 0. The number of anilines is 1. The number of hydrogen-bond donors (Lipinski definition) is 1. The predicted octanol–water partition coefficient (Wildman–Crippen LogP) is 1.63. The van der Waals surface area contributed by atoms with Crippen LogP contribution in [0.25, 0.3) is 0 Å². The summed E-state index contributed by atoms with van der Waals surface area (Å²) in [6, 6.07) is 5.32. The highest BCUT2D eigenvalue weighted by molar-refractivity contribution is 6.31. The zero-order valence-corrected chi connectivity index (χ0v) is 8.62. The van der Waals surface area contributed by atoms with Gasteiger partial charge in [-0.1, -0.05) is 11.6 Å². The van der Waals surface area contributed by atoms with Gasteiger partial charge in [0.15, 0.2) is 0 Å². The van der Waals surface area contributed by atoms with Gasteiger partial charge in [-0.05, 0) is 18.2 Å². The highest BCUT2D eigenvalue weighted by atomic mass is 35.5. The molecule has 0 bridgehead atoms. The minimum atomic E-state index is -0.0770. The molecular formula is C10H9ClN2O2. The summed E-state index contributed by atoms with van der Waals surface area (Å²) in [6.45, 7) is 1.16. The van der Waals surface area contributed by atoms with E-state index in [2.05, 4.69) is 5.32 Å². The average Bonchev–Trinajstić information content (AvgIpc) is 2.60. The van der Waals surface area contributed by atoms with Crippen LogP contribution in [0.5, 0.6) is 5.75 Å². The molecule has 2 amide bonds. The van der Waals surface area contributed by atoms with Gasteiger partial charge in [-0.25, -0.2) is 4.79 Å². The Labute approximate surface area is 91.8 Å². The van der Waals surface area contributed by atoms with E-state index in [4.69, 9.17) is 16.3 Å². The molecule has 0 aromatic heterocycles. The van der Waals surface area contributed by atoms with Crippen LogP contribution in [0.15, 0.2) is 18.2 Å². The number of urea groups is 1. The van der Waals surface area contributed by atoms with Crippen molar-refractivity contribution in [1.82, 2.24) is 5.32 Å². The number of fused-ring (bicyclic) bond motifs is 3. The van der Waals surface area contributed by atoms with Crippen LogP contribution < -0.4 is 15.0 Å². The Balaban J connectivity index is 2.12. The van der Waals surface area contributed by atoms with Gasteiger partial charge in [0, 0.05) is 11.6 Å². The molecule has 0 spiro atoms. The molecule has 1 unspecified atom stereocenters. The molecule has 0 aliphatic carbocycles. The largest absolute Gasteiger partial charge is 0.489 e. The zero-order valence-electron chi connectivity index (χ0n) is 7.87. The van der Waals surface area contributed by atoms with Crippen molar-refractivity contribution in [3.63, 3.8) is 0 Å². The molecule has 5 heteroatoms. The lowest BCUT2D eigenvalue weighted by molar-refractivity contribution is 0.246. The third-order valence-electron chi connectivity index (χ3n) is 2.68. The molecule has 0 radical (unpaired) electrons. The minimum Gasteiger partial charge on any atom is -0.489 e. The van der Waals surface area contributed by atoms with Crippen LogP contribution in [0, 0.1) is 0 Å². The molecule has 1 N–H and O–H groups in total. The minimum absolute atomic E-state index is 0.0770. The molecule has 1 saturated heterocycles. The number of carbonyl (C=O) groups is 1.